The maximum Gasteiger partial charge on any atom is 0.185 e. The van der Waals surface area contributed by atoms with Crippen LogP contribution in [0.4, 0.5) is 5.13 Å². The molecule has 20 heavy (non-hydrogen) atoms. The lowest BCUT2D eigenvalue weighted by molar-refractivity contribution is 0.244. The van der Waals surface area contributed by atoms with E-state index in [9.17, 15) is 0 Å². The minimum absolute atomic E-state index is 0.792. The molecule has 5 heteroatoms. The molecule has 0 saturated carbocycles. The number of nitrogens with zero attached hydrogens (tertiary/aromatic N) is 3. The lowest BCUT2D eigenvalue weighted by Crippen LogP contribution is -2.46. The molecule has 0 aliphatic carbocycles. The van der Waals surface area contributed by atoms with Crippen molar-refractivity contribution in [1.29, 1.82) is 0 Å². The molecule has 1 aromatic rings. The van der Waals surface area contributed by atoms with E-state index in [1.165, 1.54) is 63.4 Å². The van der Waals surface area contributed by atoms with Gasteiger partial charge in [0.15, 0.2) is 5.13 Å². The van der Waals surface area contributed by atoms with Gasteiger partial charge >= 0.3 is 0 Å². The Morgan fingerprint density at radius 2 is 2.15 bits per heavy atom. The van der Waals surface area contributed by atoms with Crippen molar-refractivity contribution in [3.05, 3.63) is 11.6 Å². The first kappa shape index (κ1) is 14.3. The Labute approximate surface area is 126 Å². The third-order valence-electron chi connectivity index (χ3n) is 4.50. The molecule has 4 nitrogen and oxygen atoms in total. The molecular weight excluding hydrogens is 268 g/mol. The summed E-state index contributed by atoms with van der Waals surface area (Å²) in [6.07, 6.45) is 8.78. The van der Waals surface area contributed by atoms with Crippen molar-refractivity contribution in [2.24, 2.45) is 0 Å². The van der Waals surface area contributed by atoms with Gasteiger partial charge in [0.25, 0.3) is 0 Å². The van der Waals surface area contributed by atoms with Crippen LogP contribution in [-0.2, 0) is 0 Å². The van der Waals surface area contributed by atoms with Gasteiger partial charge < -0.3 is 10.2 Å². The lowest BCUT2D eigenvalue weighted by Gasteiger charge is -2.35. The minimum Gasteiger partial charge on any atom is -0.346 e. The topological polar surface area (TPSA) is 31.4 Å². The molecule has 112 valence electrons. The van der Waals surface area contributed by atoms with Crippen LogP contribution in [0.5, 0.6) is 0 Å². The summed E-state index contributed by atoms with van der Waals surface area (Å²) in [6, 6.07) is 0.792. The third-order valence-corrected chi connectivity index (χ3v) is 5.33. The van der Waals surface area contributed by atoms with Crippen LogP contribution in [0.1, 0.15) is 32.1 Å². The molecule has 0 spiro atoms. The van der Waals surface area contributed by atoms with E-state index in [1.807, 2.05) is 6.20 Å². The molecule has 2 aliphatic rings. The van der Waals surface area contributed by atoms with Gasteiger partial charge in [-0.1, -0.05) is 6.42 Å². The molecule has 1 aromatic heterocycles. The molecule has 2 saturated heterocycles. The van der Waals surface area contributed by atoms with Crippen LogP contribution in [0.15, 0.2) is 11.6 Å². The Hall–Kier alpha value is -0.650. The van der Waals surface area contributed by atoms with Gasteiger partial charge in [0, 0.05) is 43.8 Å². The number of hydrogen-bond donors (Lipinski definition) is 1. The summed E-state index contributed by atoms with van der Waals surface area (Å²) in [4.78, 5) is 9.44. The molecule has 0 aromatic carbocycles. The fourth-order valence-corrected chi connectivity index (χ4v) is 3.96. The first-order chi connectivity index (χ1) is 9.92. The Morgan fingerprint density at radius 1 is 1.25 bits per heavy atom. The Balaban J connectivity index is 1.32. The van der Waals surface area contributed by atoms with Crippen LogP contribution in [0.25, 0.3) is 0 Å². The molecule has 0 bridgehead atoms. The van der Waals surface area contributed by atoms with Gasteiger partial charge in [-0.2, -0.15) is 0 Å². The van der Waals surface area contributed by atoms with E-state index >= 15 is 0 Å². The second-order valence-electron chi connectivity index (χ2n) is 5.93. The van der Waals surface area contributed by atoms with Crippen LogP contribution in [0.2, 0.25) is 0 Å². The largest absolute Gasteiger partial charge is 0.346 e. The van der Waals surface area contributed by atoms with Gasteiger partial charge in [-0.15, -0.1) is 11.3 Å². The quantitative estimate of drug-likeness (QED) is 0.902. The summed E-state index contributed by atoms with van der Waals surface area (Å²) in [7, 11) is 0. The monoisotopic (exact) mass is 294 g/mol. The summed E-state index contributed by atoms with van der Waals surface area (Å²) < 4.78 is 0. The van der Waals surface area contributed by atoms with Gasteiger partial charge in [0.05, 0.1) is 0 Å². The van der Waals surface area contributed by atoms with Gasteiger partial charge in [-0.25, -0.2) is 4.98 Å². The summed E-state index contributed by atoms with van der Waals surface area (Å²) in [6.45, 7) is 7.15. The number of piperazine rings is 1. The van der Waals surface area contributed by atoms with Crippen LogP contribution < -0.4 is 10.2 Å². The second-order valence-corrected chi connectivity index (χ2v) is 6.81. The van der Waals surface area contributed by atoms with Gasteiger partial charge in [-0.05, 0) is 38.8 Å². The fraction of sp³-hybridized carbons (Fsp3) is 0.800. The van der Waals surface area contributed by atoms with Crippen molar-refractivity contribution in [3.8, 4) is 0 Å². The summed E-state index contributed by atoms with van der Waals surface area (Å²) in [5.41, 5.74) is 0. The van der Waals surface area contributed by atoms with Crippen molar-refractivity contribution < 1.29 is 0 Å². The predicted octanol–water partition coefficient (Wildman–Crippen LogP) is 2.19. The molecule has 3 heterocycles. The van der Waals surface area contributed by atoms with Crippen molar-refractivity contribution in [2.75, 3.05) is 44.2 Å². The second kappa shape index (κ2) is 7.38. The summed E-state index contributed by atoms with van der Waals surface area (Å²) in [5, 5.41) is 6.91. The standard InChI is InChI=1S/C15H26N4S/c1-2-6-16-14(4-1)5-3-8-18-9-11-19(12-10-18)15-17-7-13-20-15/h7,13-14,16H,1-6,8-12H2. The minimum atomic E-state index is 0.792. The Morgan fingerprint density at radius 3 is 2.85 bits per heavy atom. The number of thiazole rings is 1. The Kier molecular flexibility index (Phi) is 5.28. The zero-order valence-electron chi connectivity index (χ0n) is 12.3. The zero-order chi connectivity index (χ0) is 13.6. The average molecular weight is 294 g/mol. The Bertz CT molecular complexity index is 367. The van der Waals surface area contributed by atoms with E-state index in [-0.39, 0.29) is 0 Å². The first-order valence-corrected chi connectivity index (χ1v) is 8.90. The number of rotatable bonds is 5. The van der Waals surface area contributed by atoms with Gasteiger partial charge in [-0.3, -0.25) is 4.90 Å². The molecule has 3 rings (SSSR count). The van der Waals surface area contributed by atoms with Crippen molar-refractivity contribution in [1.82, 2.24) is 15.2 Å². The van der Waals surface area contributed by atoms with Crippen LogP contribution in [-0.4, -0.2) is 55.2 Å². The van der Waals surface area contributed by atoms with E-state index in [4.69, 9.17) is 0 Å². The van der Waals surface area contributed by atoms with Crippen molar-refractivity contribution in [2.45, 2.75) is 38.1 Å². The molecule has 2 aliphatic heterocycles. The molecule has 1 unspecified atom stereocenters. The third kappa shape index (κ3) is 3.93. The van der Waals surface area contributed by atoms with E-state index in [0.717, 1.165) is 19.1 Å². The molecule has 1 atom stereocenters. The number of aromatic nitrogens is 1. The smallest absolute Gasteiger partial charge is 0.185 e. The van der Waals surface area contributed by atoms with E-state index < -0.39 is 0 Å². The number of hydrogen-bond acceptors (Lipinski definition) is 5. The van der Waals surface area contributed by atoms with Crippen molar-refractivity contribution >= 4 is 16.5 Å². The average Bonchev–Trinajstić information content (AvgIpc) is 3.03. The van der Waals surface area contributed by atoms with E-state index in [2.05, 4.69) is 25.5 Å². The summed E-state index contributed by atoms with van der Waals surface area (Å²) >= 11 is 1.76. The predicted molar refractivity (Wildman–Crippen MR) is 85.6 cm³/mol. The maximum absolute atomic E-state index is 4.41. The SMILES string of the molecule is c1csc(N2CCN(CCCC3CCCCN3)CC2)n1. The highest BCUT2D eigenvalue weighted by Gasteiger charge is 2.19. The van der Waals surface area contributed by atoms with Gasteiger partial charge in [0.1, 0.15) is 0 Å². The van der Waals surface area contributed by atoms with E-state index in [0.29, 0.717) is 0 Å². The number of piperidine rings is 1. The lowest BCUT2D eigenvalue weighted by atomic mass is 10.0. The molecular formula is C15H26N4S. The van der Waals surface area contributed by atoms with Crippen LogP contribution in [0.3, 0.4) is 0 Å². The number of anilines is 1. The van der Waals surface area contributed by atoms with Gasteiger partial charge in [0.2, 0.25) is 0 Å². The summed E-state index contributed by atoms with van der Waals surface area (Å²) in [5.74, 6) is 0. The first-order valence-electron chi connectivity index (χ1n) is 8.02. The number of nitrogens with one attached hydrogen (secondary N) is 1. The molecule has 0 amide bonds. The highest BCUT2D eigenvalue weighted by atomic mass is 32.1. The zero-order valence-corrected chi connectivity index (χ0v) is 13.1. The van der Waals surface area contributed by atoms with Crippen LogP contribution in [0, 0.1) is 0 Å². The molecule has 1 N–H and O–H groups in total. The van der Waals surface area contributed by atoms with E-state index in [1.54, 1.807) is 11.3 Å². The van der Waals surface area contributed by atoms with Crippen molar-refractivity contribution in [3.63, 3.8) is 0 Å². The highest BCUT2D eigenvalue weighted by Crippen LogP contribution is 2.19. The fourth-order valence-electron chi connectivity index (χ4n) is 3.27. The molecule has 2 fully saturated rings. The van der Waals surface area contributed by atoms with Crippen LogP contribution >= 0.6 is 11.3 Å². The normalized spacial score (nSPS) is 25.0. The maximum atomic E-state index is 4.41. The highest BCUT2D eigenvalue weighted by molar-refractivity contribution is 7.13. The molecule has 0 radical (unpaired) electrons.